The Kier molecular flexibility index (Phi) is 8.12. The lowest BCUT2D eigenvalue weighted by Gasteiger charge is -2.12. The summed E-state index contributed by atoms with van der Waals surface area (Å²) < 4.78 is 0. The van der Waals surface area contributed by atoms with Crippen molar-refractivity contribution in [2.24, 2.45) is 4.99 Å². The standard InChI is InChI=1S/C20H21ClN4.HI/c1-2-22-20(24-13-16-8-4-6-10-18(16)21)25-14-19-17-9-5-3-7-15(17)11-12-23-19;/h3-12H,2,13-14H2,1H3,(H2,22,24,25);1H. The maximum atomic E-state index is 6.20. The Labute approximate surface area is 176 Å². The van der Waals surface area contributed by atoms with Crippen LogP contribution in [0, 0.1) is 0 Å². The molecule has 0 aliphatic carbocycles. The predicted octanol–water partition coefficient (Wildman–Crippen LogP) is 4.76. The molecule has 26 heavy (non-hydrogen) atoms. The number of rotatable bonds is 5. The molecule has 6 heteroatoms. The van der Waals surface area contributed by atoms with Gasteiger partial charge in [-0.15, -0.1) is 24.0 Å². The van der Waals surface area contributed by atoms with E-state index in [2.05, 4.69) is 32.7 Å². The van der Waals surface area contributed by atoms with E-state index in [9.17, 15) is 0 Å². The molecule has 0 saturated heterocycles. The lowest BCUT2D eigenvalue weighted by atomic mass is 10.1. The summed E-state index contributed by atoms with van der Waals surface area (Å²) in [5.41, 5.74) is 2.01. The molecule has 0 aliphatic heterocycles. The van der Waals surface area contributed by atoms with Crippen LogP contribution >= 0.6 is 35.6 Å². The fourth-order valence-corrected chi connectivity index (χ4v) is 2.82. The number of halogens is 2. The molecule has 0 aliphatic rings. The van der Waals surface area contributed by atoms with E-state index >= 15 is 0 Å². The van der Waals surface area contributed by atoms with E-state index in [4.69, 9.17) is 11.6 Å². The minimum Gasteiger partial charge on any atom is -0.357 e. The summed E-state index contributed by atoms with van der Waals surface area (Å²) >= 11 is 6.20. The van der Waals surface area contributed by atoms with Crippen LogP contribution in [0.2, 0.25) is 5.02 Å². The molecule has 3 rings (SSSR count). The van der Waals surface area contributed by atoms with Gasteiger partial charge in [0.05, 0.1) is 18.8 Å². The first-order valence-electron chi connectivity index (χ1n) is 8.36. The first-order valence-corrected chi connectivity index (χ1v) is 8.74. The zero-order valence-corrected chi connectivity index (χ0v) is 17.7. The van der Waals surface area contributed by atoms with Gasteiger partial charge in [0.15, 0.2) is 5.96 Å². The van der Waals surface area contributed by atoms with Crippen molar-refractivity contribution in [3.8, 4) is 0 Å². The monoisotopic (exact) mass is 480 g/mol. The third kappa shape index (κ3) is 5.32. The maximum Gasteiger partial charge on any atom is 0.191 e. The smallest absolute Gasteiger partial charge is 0.191 e. The Morgan fingerprint density at radius 3 is 2.62 bits per heavy atom. The molecule has 0 bridgehead atoms. The number of aromatic nitrogens is 1. The second-order valence-corrected chi connectivity index (χ2v) is 6.03. The number of benzene rings is 2. The van der Waals surface area contributed by atoms with Crippen molar-refractivity contribution in [2.45, 2.75) is 20.0 Å². The number of hydrogen-bond donors (Lipinski definition) is 2. The SMILES string of the molecule is CCNC(=NCc1ccccc1Cl)NCc1nccc2ccccc12.I. The quantitative estimate of drug-likeness (QED) is 0.314. The van der Waals surface area contributed by atoms with E-state index in [0.717, 1.165) is 34.2 Å². The first-order chi connectivity index (χ1) is 12.3. The van der Waals surface area contributed by atoms with Gasteiger partial charge >= 0.3 is 0 Å². The number of nitrogens with zero attached hydrogens (tertiary/aromatic N) is 2. The molecule has 136 valence electrons. The van der Waals surface area contributed by atoms with Gasteiger partial charge in [-0.3, -0.25) is 4.98 Å². The highest BCUT2D eigenvalue weighted by Crippen LogP contribution is 2.17. The average Bonchev–Trinajstić information content (AvgIpc) is 2.65. The van der Waals surface area contributed by atoms with Gasteiger partial charge in [0.2, 0.25) is 0 Å². The van der Waals surface area contributed by atoms with Gasteiger partial charge in [-0.25, -0.2) is 4.99 Å². The van der Waals surface area contributed by atoms with Crippen molar-refractivity contribution in [1.29, 1.82) is 0 Å². The Hall–Kier alpha value is -1.86. The number of guanidine groups is 1. The second-order valence-electron chi connectivity index (χ2n) is 5.62. The second kappa shape index (κ2) is 10.3. The van der Waals surface area contributed by atoms with Crippen molar-refractivity contribution in [3.63, 3.8) is 0 Å². The highest BCUT2D eigenvalue weighted by atomic mass is 127. The van der Waals surface area contributed by atoms with Crippen LogP contribution in [0.1, 0.15) is 18.2 Å². The third-order valence-electron chi connectivity index (χ3n) is 3.89. The molecule has 0 radical (unpaired) electrons. The maximum absolute atomic E-state index is 6.20. The van der Waals surface area contributed by atoms with Gasteiger partial charge in [0.1, 0.15) is 0 Å². The van der Waals surface area contributed by atoms with E-state index in [1.165, 1.54) is 5.39 Å². The largest absolute Gasteiger partial charge is 0.357 e. The molecule has 2 N–H and O–H groups in total. The molecule has 2 aromatic carbocycles. The molecule has 4 nitrogen and oxygen atoms in total. The minimum atomic E-state index is 0. The average molecular weight is 481 g/mol. The lowest BCUT2D eigenvalue weighted by Crippen LogP contribution is -2.37. The van der Waals surface area contributed by atoms with Crippen LogP contribution in [0.15, 0.2) is 65.8 Å². The molecule has 0 spiro atoms. The van der Waals surface area contributed by atoms with Crippen molar-refractivity contribution in [2.75, 3.05) is 6.54 Å². The summed E-state index contributed by atoms with van der Waals surface area (Å²) in [7, 11) is 0. The van der Waals surface area contributed by atoms with Crippen LogP contribution in [0.4, 0.5) is 0 Å². The fourth-order valence-electron chi connectivity index (χ4n) is 2.62. The van der Waals surface area contributed by atoms with Gasteiger partial charge in [-0.2, -0.15) is 0 Å². The summed E-state index contributed by atoms with van der Waals surface area (Å²) in [6.45, 7) is 3.97. The Morgan fingerprint density at radius 2 is 1.81 bits per heavy atom. The molecule has 0 fully saturated rings. The Morgan fingerprint density at radius 1 is 1.04 bits per heavy atom. The summed E-state index contributed by atoms with van der Waals surface area (Å²) in [5, 5.41) is 9.68. The topological polar surface area (TPSA) is 49.3 Å². The highest BCUT2D eigenvalue weighted by Gasteiger charge is 2.04. The van der Waals surface area contributed by atoms with Gasteiger partial charge in [0.25, 0.3) is 0 Å². The van der Waals surface area contributed by atoms with Crippen LogP contribution in [-0.4, -0.2) is 17.5 Å². The number of pyridine rings is 1. The van der Waals surface area contributed by atoms with E-state index in [0.29, 0.717) is 13.1 Å². The number of nitrogens with one attached hydrogen (secondary N) is 2. The van der Waals surface area contributed by atoms with Crippen LogP contribution in [0.3, 0.4) is 0 Å². The van der Waals surface area contributed by atoms with E-state index in [-0.39, 0.29) is 24.0 Å². The molecule has 1 heterocycles. The summed E-state index contributed by atoms with van der Waals surface area (Å²) in [6.07, 6.45) is 1.84. The van der Waals surface area contributed by atoms with E-state index in [1.54, 1.807) is 0 Å². The molecule has 0 unspecified atom stereocenters. The zero-order chi connectivity index (χ0) is 17.5. The van der Waals surface area contributed by atoms with Gasteiger partial charge in [-0.05, 0) is 30.0 Å². The first kappa shape index (κ1) is 20.5. The Balaban J connectivity index is 0.00000243. The summed E-state index contributed by atoms with van der Waals surface area (Å²) in [4.78, 5) is 9.13. The van der Waals surface area contributed by atoms with Gasteiger partial charge in [0, 0.05) is 23.2 Å². The van der Waals surface area contributed by atoms with Crippen LogP contribution < -0.4 is 10.6 Å². The summed E-state index contributed by atoms with van der Waals surface area (Å²) in [5.74, 6) is 0.747. The van der Waals surface area contributed by atoms with E-state index in [1.807, 2.05) is 55.6 Å². The molecule has 0 atom stereocenters. The predicted molar refractivity (Wildman–Crippen MR) is 120 cm³/mol. The highest BCUT2D eigenvalue weighted by molar-refractivity contribution is 14.0. The van der Waals surface area contributed by atoms with Crippen LogP contribution in [0.5, 0.6) is 0 Å². The Bertz CT molecular complexity index is 877. The number of hydrogen-bond acceptors (Lipinski definition) is 2. The third-order valence-corrected chi connectivity index (χ3v) is 4.26. The molecular weight excluding hydrogens is 459 g/mol. The zero-order valence-electron chi connectivity index (χ0n) is 14.6. The fraction of sp³-hybridized carbons (Fsp3) is 0.200. The van der Waals surface area contributed by atoms with Crippen molar-refractivity contribution in [3.05, 3.63) is 77.1 Å². The van der Waals surface area contributed by atoms with Crippen molar-refractivity contribution in [1.82, 2.24) is 15.6 Å². The van der Waals surface area contributed by atoms with E-state index < -0.39 is 0 Å². The molecule has 0 saturated carbocycles. The normalized spacial score (nSPS) is 11.1. The molecule has 1 aromatic heterocycles. The number of aliphatic imine (C=N–C) groups is 1. The van der Waals surface area contributed by atoms with Gasteiger partial charge < -0.3 is 10.6 Å². The van der Waals surface area contributed by atoms with Crippen LogP contribution in [0.25, 0.3) is 10.8 Å². The van der Waals surface area contributed by atoms with Crippen LogP contribution in [-0.2, 0) is 13.1 Å². The lowest BCUT2D eigenvalue weighted by molar-refractivity contribution is 0.804. The number of fused-ring (bicyclic) bond motifs is 1. The molecule has 3 aromatic rings. The molecule has 0 amide bonds. The molecular formula is C20H22ClIN4. The summed E-state index contributed by atoms with van der Waals surface area (Å²) in [6, 6.07) is 18.0. The van der Waals surface area contributed by atoms with Crippen molar-refractivity contribution >= 4 is 52.3 Å². The minimum absolute atomic E-state index is 0. The van der Waals surface area contributed by atoms with Gasteiger partial charge in [-0.1, -0.05) is 54.1 Å². The van der Waals surface area contributed by atoms with Crippen molar-refractivity contribution < 1.29 is 0 Å².